The smallest absolute Gasteiger partial charge is 0.138 e. The van der Waals surface area contributed by atoms with Crippen molar-refractivity contribution in [3.63, 3.8) is 0 Å². The van der Waals surface area contributed by atoms with Crippen LogP contribution in [0.15, 0.2) is 6.33 Å². The Labute approximate surface area is 128 Å². The summed E-state index contributed by atoms with van der Waals surface area (Å²) in [5.41, 5.74) is 0.133. The average Bonchev–Trinajstić information content (AvgIpc) is 2.98. The summed E-state index contributed by atoms with van der Waals surface area (Å²) in [6.07, 6.45) is 3.95. The van der Waals surface area contributed by atoms with Crippen LogP contribution in [0.25, 0.3) is 0 Å². The molecule has 2 heterocycles. The number of hydrogen-bond donors (Lipinski definition) is 1. The van der Waals surface area contributed by atoms with Gasteiger partial charge in [0.2, 0.25) is 0 Å². The first-order valence-electron chi connectivity index (χ1n) is 8.15. The van der Waals surface area contributed by atoms with Crippen molar-refractivity contribution in [2.45, 2.75) is 59.6 Å². The monoisotopic (exact) mass is 294 g/mol. The van der Waals surface area contributed by atoms with Crippen LogP contribution in [0.1, 0.15) is 52.9 Å². The summed E-state index contributed by atoms with van der Waals surface area (Å²) >= 11 is 0. The van der Waals surface area contributed by atoms with Gasteiger partial charge in [-0.1, -0.05) is 13.8 Å². The van der Waals surface area contributed by atoms with Gasteiger partial charge < -0.3 is 10.1 Å². The number of ether oxygens (including phenoxy) is 1. The van der Waals surface area contributed by atoms with E-state index in [2.05, 4.69) is 50.0 Å². The number of rotatable bonds is 7. The van der Waals surface area contributed by atoms with Crippen LogP contribution in [0.5, 0.6) is 0 Å². The summed E-state index contributed by atoms with van der Waals surface area (Å²) in [6, 6.07) is 0.348. The normalized spacial score (nSPS) is 26.1. The molecular formula is C16H30N4O. The maximum Gasteiger partial charge on any atom is 0.138 e. The van der Waals surface area contributed by atoms with Gasteiger partial charge in [-0.15, -0.1) is 0 Å². The van der Waals surface area contributed by atoms with E-state index in [0.29, 0.717) is 12.0 Å². The Balaban J connectivity index is 2.11. The van der Waals surface area contributed by atoms with E-state index >= 15 is 0 Å². The lowest BCUT2D eigenvalue weighted by Gasteiger charge is -2.33. The van der Waals surface area contributed by atoms with E-state index < -0.39 is 0 Å². The Hall–Kier alpha value is -0.940. The van der Waals surface area contributed by atoms with Crippen LogP contribution in [0.4, 0.5) is 0 Å². The van der Waals surface area contributed by atoms with Crippen molar-refractivity contribution in [2.24, 2.45) is 11.3 Å². The molecule has 1 aromatic heterocycles. The second-order valence-corrected chi connectivity index (χ2v) is 7.04. The van der Waals surface area contributed by atoms with E-state index in [-0.39, 0.29) is 11.5 Å². The Bertz CT molecular complexity index is 443. The Morgan fingerprint density at radius 3 is 2.76 bits per heavy atom. The zero-order valence-corrected chi connectivity index (χ0v) is 14.1. The molecule has 21 heavy (non-hydrogen) atoms. The summed E-state index contributed by atoms with van der Waals surface area (Å²) in [4.78, 5) is 4.49. The molecule has 0 aromatic carbocycles. The summed E-state index contributed by atoms with van der Waals surface area (Å²) in [7, 11) is 0. The molecule has 0 radical (unpaired) electrons. The maximum atomic E-state index is 5.88. The zero-order valence-electron chi connectivity index (χ0n) is 14.1. The molecule has 120 valence electrons. The van der Waals surface area contributed by atoms with Gasteiger partial charge in [-0.25, -0.2) is 9.67 Å². The van der Waals surface area contributed by atoms with Gasteiger partial charge >= 0.3 is 0 Å². The summed E-state index contributed by atoms with van der Waals surface area (Å²) < 4.78 is 7.91. The first-order valence-corrected chi connectivity index (χ1v) is 8.15. The van der Waals surface area contributed by atoms with Crippen LogP contribution in [0, 0.1) is 11.3 Å². The van der Waals surface area contributed by atoms with Gasteiger partial charge in [0.1, 0.15) is 12.2 Å². The summed E-state index contributed by atoms with van der Waals surface area (Å²) in [6.45, 7) is 13.9. The van der Waals surface area contributed by atoms with Crippen molar-refractivity contribution in [1.29, 1.82) is 0 Å². The predicted molar refractivity (Wildman–Crippen MR) is 84.3 cm³/mol. The van der Waals surface area contributed by atoms with Crippen LogP contribution in [-0.4, -0.2) is 40.6 Å². The van der Waals surface area contributed by atoms with Gasteiger partial charge in [0.15, 0.2) is 0 Å². The van der Waals surface area contributed by atoms with E-state index in [0.717, 1.165) is 38.4 Å². The lowest BCUT2D eigenvalue weighted by molar-refractivity contribution is 0.0610. The molecule has 5 nitrogen and oxygen atoms in total. The van der Waals surface area contributed by atoms with Crippen molar-refractivity contribution >= 4 is 0 Å². The minimum absolute atomic E-state index is 0.133. The minimum atomic E-state index is 0.133. The van der Waals surface area contributed by atoms with Crippen LogP contribution >= 0.6 is 0 Å². The molecular weight excluding hydrogens is 264 g/mol. The molecule has 1 fully saturated rings. The maximum absolute atomic E-state index is 5.88. The molecule has 2 atom stereocenters. The third kappa shape index (κ3) is 3.83. The molecule has 0 bridgehead atoms. The first-order chi connectivity index (χ1) is 9.94. The van der Waals surface area contributed by atoms with E-state index in [9.17, 15) is 0 Å². The quantitative estimate of drug-likeness (QED) is 0.839. The minimum Gasteiger partial charge on any atom is -0.378 e. The molecule has 0 aliphatic carbocycles. The number of nitrogens with zero attached hydrogens (tertiary/aromatic N) is 3. The van der Waals surface area contributed by atoms with Gasteiger partial charge in [0, 0.05) is 31.0 Å². The van der Waals surface area contributed by atoms with Crippen molar-refractivity contribution < 1.29 is 4.74 Å². The highest BCUT2D eigenvalue weighted by atomic mass is 16.5. The highest BCUT2D eigenvalue weighted by Crippen LogP contribution is 2.37. The second kappa shape index (κ2) is 6.88. The van der Waals surface area contributed by atoms with Crippen LogP contribution < -0.4 is 5.32 Å². The SMILES string of the molecule is CC(C)CNCC1(Cc2ncnn2C(C)C)CCOC1C. The van der Waals surface area contributed by atoms with Crippen LogP contribution in [-0.2, 0) is 11.2 Å². The van der Waals surface area contributed by atoms with E-state index in [1.54, 1.807) is 6.33 Å². The predicted octanol–water partition coefficient (Wildman–Crippen LogP) is 2.44. The van der Waals surface area contributed by atoms with Gasteiger partial charge in [0.25, 0.3) is 0 Å². The van der Waals surface area contributed by atoms with Crippen LogP contribution in [0.2, 0.25) is 0 Å². The number of aromatic nitrogens is 3. The zero-order chi connectivity index (χ0) is 15.5. The Morgan fingerprint density at radius 1 is 1.43 bits per heavy atom. The molecule has 0 saturated carbocycles. The lowest BCUT2D eigenvalue weighted by atomic mass is 9.78. The number of nitrogens with one attached hydrogen (secondary N) is 1. The molecule has 1 N–H and O–H groups in total. The molecule has 5 heteroatoms. The molecule has 1 saturated heterocycles. The van der Waals surface area contributed by atoms with E-state index in [1.165, 1.54) is 0 Å². The van der Waals surface area contributed by atoms with Crippen molar-refractivity contribution in [2.75, 3.05) is 19.7 Å². The topological polar surface area (TPSA) is 52.0 Å². The van der Waals surface area contributed by atoms with Crippen molar-refractivity contribution in [1.82, 2.24) is 20.1 Å². The van der Waals surface area contributed by atoms with Gasteiger partial charge in [-0.05, 0) is 39.7 Å². The standard InChI is InChI=1S/C16H30N4O/c1-12(2)9-17-10-16(6-7-21-14(16)5)8-15-18-11-19-20(15)13(3)4/h11-14,17H,6-10H2,1-5H3. The fourth-order valence-electron chi connectivity index (χ4n) is 3.10. The molecule has 1 aromatic rings. The molecule has 1 aliphatic heterocycles. The summed E-state index contributed by atoms with van der Waals surface area (Å²) in [5, 5.41) is 7.99. The Morgan fingerprint density at radius 2 is 2.19 bits per heavy atom. The number of hydrogen-bond acceptors (Lipinski definition) is 4. The third-order valence-corrected chi connectivity index (χ3v) is 4.51. The van der Waals surface area contributed by atoms with Crippen molar-refractivity contribution in [3.8, 4) is 0 Å². The molecule has 2 unspecified atom stereocenters. The Kier molecular flexibility index (Phi) is 5.38. The molecule has 0 amide bonds. The van der Waals surface area contributed by atoms with E-state index in [1.807, 2.05) is 4.68 Å². The highest BCUT2D eigenvalue weighted by Gasteiger charge is 2.42. The molecule has 0 spiro atoms. The average molecular weight is 294 g/mol. The lowest BCUT2D eigenvalue weighted by Crippen LogP contribution is -2.43. The van der Waals surface area contributed by atoms with Gasteiger partial charge in [-0.3, -0.25) is 0 Å². The van der Waals surface area contributed by atoms with Crippen LogP contribution in [0.3, 0.4) is 0 Å². The van der Waals surface area contributed by atoms with Gasteiger partial charge in [-0.2, -0.15) is 5.10 Å². The molecule has 2 rings (SSSR count). The third-order valence-electron chi connectivity index (χ3n) is 4.51. The second-order valence-electron chi connectivity index (χ2n) is 7.04. The fourth-order valence-corrected chi connectivity index (χ4v) is 3.10. The summed E-state index contributed by atoms with van der Waals surface area (Å²) in [5.74, 6) is 1.74. The first kappa shape index (κ1) is 16.4. The largest absolute Gasteiger partial charge is 0.378 e. The fraction of sp³-hybridized carbons (Fsp3) is 0.875. The van der Waals surface area contributed by atoms with E-state index in [4.69, 9.17) is 4.74 Å². The molecule has 1 aliphatic rings. The highest BCUT2D eigenvalue weighted by molar-refractivity contribution is 5.01. The van der Waals surface area contributed by atoms with Gasteiger partial charge in [0.05, 0.1) is 6.10 Å². The van der Waals surface area contributed by atoms with Crippen molar-refractivity contribution in [3.05, 3.63) is 12.2 Å².